The zero-order valence-electron chi connectivity index (χ0n) is 15.8. The molecule has 3 aromatic rings. The fourth-order valence-electron chi connectivity index (χ4n) is 3.76. The van der Waals surface area contributed by atoms with Crippen molar-refractivity contribution in [2.24, 2.45) is 0 Å². The zero-order chi connectivity index (χ0) is 21.0. The van der Waals surface area contributed by atoms with Gasteiger partial charge in [0.25, 0.3) is 11.9 Å². The van der Waals surface area contributed by atoms with Crippen LogP contribution in [0.3, 0.4) is 0 Å². The SMILES string of the molecule is CC(F)(F)c1ccc(-c2nc3nc(O[C@@H]4CO[C@@H]5C(O)CO[C@@H]54)[nH]c3cc2Cl)cc1. The Balaban J connectivity index is 1.41. The number of imidazole rings is 1. The Morgan fingerprint density at radius 3 is 2.63 bits per heavy atom. The summed E-state index contributed by atoms with van der Waals surface area (Å²) in [5.41, 5.74) is 1.88. The second-order valence-electron chi connectivity index (χ2n) is 7.52. The van der Waals surface area contributed by atoms with Gasteiger partial charge in [-0.2, -0.15) is 4.98 Å². The number of aromatic amines is 1. The predicted octanol–water partition coefficient (Wildman–Crippen LogP) is 3.30. The van der Waals surface area contributed by atoms with Crippen LogP contribution in [0, 0.1) is 0 Å². The molecular formula is C20H18ClF2N3O4. The molecule has 158 valence electrons. The van der Waals surface area contributed by atoms with Gasteiger partial charge in [0.15, 0.2) is 11.8 Å². The van der Waals surface area contributed by atoms with Crippen molar-refractivity contribution in [3.63, 3.8) is 0 Å². The third-order valence-corrected chi connectivity index (χ3v) is 5.60. The molecule has 2 aliphatic rings. The minimum atomic E-state index is -2.92. The number of benzene rings is 1. The minimum Gasteiger partial charge on any atom is -0.456 e. The van der Waals surface area contributed by atoms with Gasteiger partial charge < -0.3 is 24.3 Å². The monoisotopic (exact) mass is 437 g/mol. The van der Waals surface area contributed by atoms with Crippen molar-refractivity contribution in [2.45, 2.75) is 37.3 Å². The molecule has 2 aromatic heterocycles. The van der Waals surface area contributed by atoms with Crippen LogP contribution in [0.4, 0.5) is 8.78 Å². The zero-order valence-corrected chi connectivity index (χ0v) is 16.6. The fourth-order valence-corrected chi connectivity index (χ4v) is 4.02. The summed E-state index contributed by atoms with van der Waals surface area (Å²) < 4.78 is 43.9. The van der Waals surface area contributed by atoms with Gasteiger partial charge in [-0.25, -0.2) is 13.8 Å². The standard InChI is InChI=1S/C20H18ClF2N3O4/c1-20(22,23)10-4-2-9(3-5-10)15-11(21)6-12-18(25-15)26-19(24-12)30-14-8-29-16-13(27)7-28-17(14)16/h2-6,13-14,16-17,27H,7-8H2,1H3,(H,24,25,26)/t13?,14-,16-,17-/m1/s1. The highest BCUT2D eigenvalue weighted by atomic mass is 35.5. The number of rotatable bonds is 4. The third kappa shape index (κ3) is 3.41. The molecule has 4 atom stereocenters. The largest absolute Gasteiger partial charge is 0.456 e. The summed E-state index contributed by atoms with van der Waals surface area (Å²) in [6.07, 6.45) is -1.85. The first-order valence-corrected chi connectivity index (χ1v) is 9.80. The van der Waals surface area contributed by atoms with Crippen LogP contribution >= 0.6 is 11.6 Å². The Morgan fingerprint density at radius 1 is 1.17 bits per heavy atom. The molecule has 0 bridgehead atoms. The van der Waals surface area contributed by atoms with E-state index in [0.29, 0.717) is 27.4 Å². The quantitative estimate of drug-likeness (QED) is 0.651. The number of ether oxygens (including phenoxy) is 3. The maximum absolute atomic E-state index is 13.4. The second-order valence-corrected chi connectivity index (χ2v) is 7.92. The van der Waals surface area contributed by atoms with Crippen LogP contribution in [-0.4, -0.2) is 57.7 Å². The molecule has 2 saturated heterocycles. The summed E-state index contributed by atoms with van der Waals surface area (Å²) in [5.74, 6) is -2.92. The first-order valence-electron chi connectivity index (χ1n) is 9.42. The van der Waals surface area contributed by atoms with E-state index in [-0.39, 0.29) is 30.9 Å². The molecule has 1 unspecified atom stereocenters. The van der Waals surface area contributed by atoms with Gasteiger partial charge in [-0.3, -0.25) is 0 Å². The molecule has 2 fully saturated rings. The molecule has 7 nitrogen and oxygen atoms in total. The van der Waals surface area contributed by atoms with E-state index >= 15 is 0 Å². The first kappa shape index (κ1) is 19.6. The number of pyridine rings is 1. The molecule has 30 heavy (non-hydrogen) atoms. The van der Waals surface area contributed by atoms with Gasteiger partial charge in [0.2, 0.25) is 0 Å². The van der Waals surface area contributed by atoms with Crippen LogP contribution < -0.4 is 4.74 Å². The molecule has 0 amide bonds. The van der Waals surface area contributed by atoms with Crippen LogP contribution in [-0.2, 0) is 15.4 Å². The highest BCUT2D eigenvalue weighted by Crippen LogP contribution is 2.33. The average Bonchev–Trinajstić information content (AvgIpc) is 3.38. The minimum absolute atomic E-state index is 0.0877. The molecule has 0 aliphatic carbocycles. The van der Waals surface area contributed by atoms with Gasteiger partial charge in [0.05, 0.1) is 29.4 Å². The summed E-state index contributed by atoms with van der Waals surface area (Å²) in [6.45, 7) is 1.33. The molecule has 2 N–H and O–H groups in total. The lowest BCUT2D eigenvalue weighted by Crippen LogP contribution is -2.34. The number of nitrogens with one attached hydrogen (secondary N) is 1. The fraction of sp³-hybridized carbons (Fsp3) is 0.400. The topological polar surface area (TPSA) is 89.5 Å². The van der Waals surface area contributed by atoms with E-state index in [9.17, 15) is 13.9 Å². The Hall–Kier alpha value is -2.33. The smallest absolute Gasteiger partial charge is 0.296 e. The second kappa shape index (κ2) is 7.12. The highest BCUT2D eigenvalue weighted by molar-refractivity contribution is 6.33. The number of hydrogen-bond acceptors (Lipinski definition) is 6. The van der Waals surface area contributed by atoms with Crippen molar-refractivity contribution in [3.8, 4) is 17.3 Å². The van der Waals surface area contributed by atoms with Gasteiger partial charge >= 0.3 is 0 Å². The number of aliphatic hydroxyl groups excluding tert-OH is 1. The lowest BCUT2D eigenvalue weighted by atomic mass is 10.1. The summed E-state index contributed by atoms with van der Waals surface area (Å²) in [6, 6.07) is 7.69. The van der Waals surface area contributed by atoms with Gasteiger partial charge in [-0.05, 0) is 6.07 Å². The van der Waals surface area contributed by atoms with Crippen molar-refractivity contribution >= 4 is 22.8 Å². The number of aliphatic hydroxyl groups is 1. The van der Waals surface area contributed by atoms with Crippen molar-refractivity contribution in [3.05, 3.63) is 40.9 Å². The molecular weight excluding hydrogens is 420 g/mol. The van der Waals surface area contributed by atoms with Gasteiger partial charge in [-0.15, -0.1) is 0 Å². The molecule has 0 saturated carbocycles. The number of aromatic nitrogens is 3. The maximum atomic E-state index is 13.4. The Morgan fingerprint density at radius 2 is 1.90 bits per heavy atom. The number of nitrogens with zero attached hydrogens (tertiary/aromatic N) is 2. The van der Waals surface area contributed by atoms with Crippen LogP contribution in [0.5, 0.6) is 6.01 Å². The third-order valence-electron chi connectivity index (χ3n) is 5.32. The summed E-state index contributed by atoms with van der Waals surface area (Å²) >= 11 is 6.37. The normalized spacial score (nSPS) is 26.3. The Labute approximate surface area is 174 Å². The molecule has 10 heteroatoms. The van der Waals surface area contributed by atoms with E-state index < -0.39 is 24.2 Å². The molecule has 4 heterocycles. The van der Waals surface area contributed by atoms with Crippen LogP contribution in [0.2, 0.25) is 5.02 Å². The maximum Gasteiger partial charge on any atom is 0.296 e. The highest BCUT2D eigenvalue weighted by Gasteiger charge is 2.48. The number of hydrogen-bond donors (Lipinski definition) is 2. The van der Waals surface area contributed by atoms with E-state index in [2.05, 4.69) is 15.0 Å². The lowest BCUT2D eigenvalue weighted by molar-refractivity contribution is 0.00706. The van der Waals surface area contributed by atoms with Crippen LogP contribution in [0.25, 0.3) is 22.4 Å². The van der Waals surface area contributed by atoms with E-state index in [0.717, 1.165) is 6.92 Å². The Kier molecular flexibility index (Phi) is 4.66. The van der Waals surface area contributed by atoms with Crippen LogP contribution in [0.15, 0.2) is 30.3 Å². The van der Waals surface area contributed by atoms with Crippen molar-refractivity contribution in [1.82, 2.24) is 15.0 Å². The van der Waals surface area contributed by atoms with E-state index in [4.69, 9.17) is 25.8 Å². The van der Waals surface area contributed by atoms with Crippen molar-refractivity contribution in [2.75, 3.05) is 13.2 Å². The molecule has 2 aliphatic heterocycles. The molecule has 5 rings (SSSR count). The van der Waals surface area contributed by atoms with Crippen LogP contribution in [0.1, 0.15) is 12.5 Å². The number of H-pyrrole nitrogens is 1. The first-order chi connectivity index (χ1) is 14.3. The number of alkyl halides is 2. The van der Waals surface area contributed by atoms with Gasteiger partial charge in [0, 0.05) is 18.1 Å². The van der Waals surface area contributed by atoms with E-state index in [1.54, 1.807) is 18.2 Å². The van der Waals surface area contributed by atoms with Crippen molar-refractivity contribution < 1.29 is 28.1 Å². The van der Waals surface area contributed by atoms with E-state index in [1.165, 1.54) is 12.1 Å². The average molecular weight is 438 g/mol. The predicted molar refractivity (Wildman–Crippen MR) is 104 cm³/mol. The molecule has 0 radical (unpaired) electrons. The van der Waals surface area contributed by atoms with Gasteiger partial charge in [-0.1, -0.05) is 35.9 Å². The molecule has 0 spiro atoms. The Bertz CT molecular complexity index is 1090. The van der Waals surface area contributed by atoms with Crippen molar-refractivity contribution in [1.29, 1.82) is 0 Å². The number of halogens is 3. The molecule has 1 aromatic carbocycles. The number of fused-ring (bicyclic) bond motifs is 2. The van der Waals surface area contributed by atoms with E-state index in [1.807, 2.05) is 0 Å². The summed E-state index contributed by atoms with van der Waals surface area (Å²) in [4.78, 5) is 11.8. The summed E-state index contributed by atoms with van der Waals surface area (Å²) in [7, 11) is 0. The van der Waals surface area contributed by atoms with Gasteiger partial charge in [0.1, 0.15) is 18.3 Å². The summed E-state index contributed by atoms with van der Waals surface area (Å²) in [5, 5.41) is 10.2. The lowest BCUT2D eigenvalue weighted by Gasteiger charge is -2.15.